The molecule has 37 heavy (non-hydrogen) atoms. The molecule has 0 saturated carbocycles. The molecule has 13 heteroatoms. The Kier molecular flexibility index (Phi) is 5.90. The number of halogens is 1. The summed E-state index contributed by atoms with van der Waals surface area (Å²) in [7, 11) is -8.01. The lowest BCUT2D eigenvalue weighted by Crippen LogP contribution is -2.63. The van der Waals surface area contributed by atoms with Gasteiger partial charge in [-0.3, -0.25) is 14.3 Å². The summed E-state index contributed by atoms with van der Waals surface area (Å²) in [4.78, 5) is 28.8. The predicted molar refractivity (Wildman–Crippen MR) is 135 cm³/mol. The predicted octanol–water partition coefficient (Wildman–Crippen LogP) is 2.15. The lowest BCUT2D eigenvalue weighted by molar-refractivity contribution is -0.154. The van der Waals surface area contributed by atoms with Gasteiger partial charge in [0.05, 0.1) is 17.4 Å². The van der Waals surface area contributed by atoms with Gasteiger partial charge in [0.15, 0.2) is 11.7 Å². The Morgan fingerprint density at radius 3 is 2.57 bits per heavy atom. The molecule has 2 saturated heterocycles. The number of Topliss-reactive ketones (excluding diaryl/α,β-unsaturated/α-hetero) is 1. The van der Waals surface area contributed by atoms with Crippen molar-refractivity contribution in [1.82, 2.24) is 4.90 Å². The first-order valence-electron chi connectivity index (χ1n) is 11.6. The first kappa shape index (κ1) is 25.3. The van der Waals surface area contributed by atoms with Crippen LogP contribution < -0.4 is 10.0 Å². The van der Waals surface area contributed by atoms with E-state index in [1.165, 1.54) is 24.3 Å². The maximum atomic E-state index is 14.0. The number of piperidine rings is 1. The van der Waals surface area contributed by atoms with Gasteiger partial charge >= 0.3 is 0 Å². The SMILES string of the molecule is CC1(Cc2ccc(F)cc2)C(=O)C(C2=NS(=O)(=O)c3cc(NS(C)(=O)=O)ccc3N2)C(=O)N2CCCC21. The second-order valence-electron chi connectivity index (χ2n) is 9.87. The Bertz CT molecular complexity index is 1560. The van der Waals surface area contributed by atoms with Crippen LogP contribution in [-0.4, -0.2) is 58.1 Å². The molecule has 3 heterocycles. The number of fused-ring (bicyclic) bond motifs is 2. The summed E-state index contributed by atoms with van der Waals surface area (Å²) in [6, 6.07) is 9.28. The zero-order valence-electron chi connectivity index (χ0n) is 20.1. The fourth-order valence-electron chi connectivity index (χ4n) is 5.52. The van der Waals surface area contributed by atoms with Gasteiger partial charge in [-0.1, -0.05) is 19.1 Å². The van der Waals surface area contributed by atoms with Crippen LogP contribution in [0.4, 0.5) is 15.8 Å². The van der Waals surface area contributed by atoms with Crippen LogP contribution in [0.15, 0.2) is 51.8 Å². The first-order valence-corrected chi connectivity index (χ1v) is 14.9. The molecule has 2 aromatic carbocycles. The van der Waals surface area contributed by atoms with Gasteiger partial charge in [0.25, 0.3) is 10.0 Å². The Balaban J connectivity index is 1.53. The van der Waals surface area contributed by atoms with E-state index >= 15 is 0 Å². The number of hydrogen-bond acceptors (Lipinski definition) is 7. The fourth-order valence-corrected chi connectivity index (χ4v) is 7.25. The normalized spacial score (nSPS) is 26.7. The van der Waals surface area contributed by atoms with E-state index in [1.807, 2.05) is 0 Å². The fraction of sp³-hybridized carbons (Fsp3) is 0.375. The van der Waals surface area contributed by atoms with Gasteiger partial charge < -0.3 is 10.2 Å². The monoisotopic (exact) mass is 548 g/mol. The topological polar surface area (TPSA) is 142 Å². The van der Waals surface area contributed by atoms with Crippen LogP contribution >= 0.6 is 0 Å². The molecule has 3 aliphatic heterocycles. The number of amides is 1. The highest BCUT2D eigenvalue weighted by Crippen LogP contribution is 2.45. The molecule has 3 unspecified atom stereocenters. The summed E-state index contributed by atoms with van der Waals surface area (Å²) in [5.74, 6) is -3.12. The highest BCUT2D eigenvalue weighted by Gasteiger charge is 2.58. The minimum atomic E-state index is -4.36. The summed E-state index contributed by atoms with van der Waals surface area (Å²) in [5.41, 5.74) is -0.223. The molecule has 0 aromatic heterocycles. The number of ketones is 1. The van der Waals surface area contributed by atoms with Crippen molar-refractivity contribution in [1.29, 1.82) is 0 Å². The molecular formula is C24H25FN4O6S2. The molecule has 3 atom stereocenters. The molecule has 0 bridgehead atoms. The molecule has 3 aliphatic rings. The number of rotatable bonds is 5. The summed E-state index contributed by atoms with van der Waals surface area (Å²) >= 11 is 0. The van der Waals surface area contributed by atoms with E-state index in [0.29, 0.717) is 19.4 Å². The molecule has 10 nitrogen and oxygen atoms in total. The van der Waals surface area contributed by atoms with Crippen molar-refractivity contribution in [3.8, 4) is 0 Å². The summed E-state index contributed by atoms with van der Waals surface area (Å²) in [6.07, 6.45) is 2.50. The number of sulfonamides is 2. The Morgan fingerprint density at radius 1 is 1.19 bits per heavy atom. The van der Waals surface area contributed by atoms with Crippen LogP contribution in [0.1, 0.15) is 25.3 Å². The Labute approximate surface area is 214 Å². The summed E-state index contributed by atoms with van der Waals surface area (Å²) in [5, 5.41) is 2.84. The minimum Gasteiger partial charge on any atom is -0.341 e. The van der Waals surface area contributed by atoms with E-state index in [0.717, 1.165) is 17.9 Å². The van der Waals surface area contributed by atoms with Crippen molar-refractivity contribution < 1.29 is 30.8 Å². The van der Waals surface area contributed by atoms with Crippen molar-refractivity contribution >= 4 is 48.9 Å². The van der Waals surface area contributed by atoms with E-state index in [9.17, 15) is 30.8 Å². The number of carbonyl (C=O) groups excluding carboxylic acids is 2. The Hall–Kier alpha value is -3.32. The van der Waals surface area contributed by atoms with E-state index in [1.54, 1.807) is 24.0 Å². The summed E-state index contributed by atoms with van der Waals surface area (Å²) in [6.45, 7) is 2.19. The molecule has 0 aliphatic carbocycles. The van der Waals surface area contributed by atoms with Gasteiger partial charge in [0.1, 0.15) is 16.5 Å². The third-order valence-electron chi connectivity index (χ3n) is 7.15. The highest BCUT2D eigenvalue weighted by molar-refractivity contribution is 7.92. The average molecular weight is 549 g/mol. The van der Waals surface area contributed by atoms with E-state index in [4.69, 9.17) is 0 Å². The van der Waals surface area contributed by atoms with Crippen molar-refractivity contribution in [2.24, 2.45) is 15.7 Å². The van der Waals surface area contributed by atoms with Crippen molar-refractivity contribution in [3.63, 3.8) is 0 Å². The second-order valence-corrected chi connectivity index (χ2v) is 13.2. The first-order chi connectivity index (χ1) is 17.3. The van der Waals surface area contributed by atoms with Crippen LogP contribution in [0.2, 0.25) is 0 Å². The van der Waals surface area contributed by atoms with Gasteiger partial charge in [0.2, 0.25) is 15.9 Å². The molecule has 2 N–H and O–H groups in total. The number of benzene rings is 2. The van der Waals surface area contributed by atoms with Crippen LogP contribution in [0, 0.1) is 17.2 Å². The summed E-state index contributed by atoms with van der Waals surface area (Å²) < 4.78 is 68.8. The van der Waals surface area contributed by atoms with Gasteiger partial charge in [-0.05, 0) is 55.2 Å². The number of anilines is 2. The maximum Gasteiger partial charge on any atom is 0.286 e. The van der Waals surface area contributed by atoms with Crippen molar-refractivity contribution in [2.75, 3.05) is 22.8 Å². The minimum absolute atomic E-state index is 0.0295. The number of amidine groups is 1. The molecule has 196 valence electrons. The third kappa shape index (κ3) is 4.50. The third-order valence-corrected chi connectivity index (χ3v) is 9.08. The van der Waals surface area contributed by atoms with E-state index < -0.39 is 48.9 Å². The number of hydrogen-bond donors (Lipinski definition) is 2. The average Bonchev–Trinajstić information content (AvgIpc) is 3.30. The molecular weight excluding hydrogens is 523 g/mol. The number of nitrogens with one attached hydrogen (secondary N) is 2. The van der Waals surface area contributed by atoms with Crippen LogP contribution in [-0.2, 0) is 36.1 Å². The standard InChI is InChI=1S/C24H25FN4O6S2/c1-24(13-14-5-7-15(25)8-6-14)19-4-3-11-29(19)23(31)20(21(24)30)22-26-17-10-9-16(27-36(2,32)33)12-18(17)37(34,35)28-22/h5-10,12,19-20,27H,3-4,11,13H2,1-2H3,(H,26,28). The molecule has 5 rings (SSSR count). The van der Waals surface area contributed by atoms with E-state index in [2.05, 4.69) is 14.4 Å². The van der Waals surface area contributed by atoms with Gasteiger partial charge in [-0.2, -0.15) is 8.42 Å². The lowest BCUT2D eigenvalue weighted by Gasteiger charge is -2.47. The number of carbonyl (C=O) groups is 2. The molecule has 2 aromatic rings. The zero-order chi connectivity index (χ0) is 26.8. The molecule has 0 radical (unpaired) electrons. The maximum absolute atomic E-state index is 14.0. The van der Waals surface area contributed by atoms with E-state index in [-0.39, 0.29) is 34.6 Å². The highest BCUT2D eigenvalue weighted by atomic mass is 32.2. The number of nitrogens with zero attached hydrogens (tertiary/aromatic N) is 2. The van der Waals surface area contributed by atoms with Gasteiger partial charge in [0, 0.05) is 18.3 Å². The molecule has 2 fully saturated rings. The van der Waals surface area contributed by atoms with Crippen LogP contribution in [0.25, 0.3) is 0 Å². The smallest absolute Gasteiger partial charge is 0.286 e. The van der Waals surface area contributed by atoms with Crippen molar-refractivity contribution in [3.05, 3.63) is 53.8 Å². The lowest BCUT2D eigenvalue weighted by atomic mass is 9.66. The Morgan fingerprint density at radius 2 is 1.89 bits per heavy atom. The van der Waals surface area contributed by atoms with Crippen molar-refractivity contribution in [2.45, 2.75) is 37.1 Å². The second kappa shape index (κ2) is 8.62. The van der Waals surface area contributed by atoms with Crippen LogP contribution in [0.5, 0.6) is 0 Å². The molecule has 0 spiro atoms. The van der Waals surface area contributed by atoms with Crippen LogP contribution in [0.3, 0.4) is 0 Å². The molecule has 1 amide bonds. The van der Waals surface area contributed by atoms with Gasteiger partial charge in [-0.15, -0.1) is 4.40 Å². The largest absolute Gasteiger partial charge is 0.341 e. The zero-order valence-corrected chi connectivity index (χ0v) is 21.7. The van der Waals surface area contributed by atoms with Gasteiger partial charge in [-0.25, -0.2) is 12.8 Å². The quantitative estimate of drug-likeness (QED) is 0.545.